The maximum Gasteiger partial charge on any atom is 0.335 e. The molecular formula is C14H9ClN2O2. The molecule has 0 saturated heterocycles. The molecule has 0 fully saturated rings. The number of hydrogen-bond acceptors (Lipinski definition) is 3. The largest absolute Gasteiger partial charge is 0.478 e. The molecule has 0 unspecified atom stereocenters. The van der Waals surface area contributed by atoms with E-state index in [-0.39, 0.29) is 5.56 Å². The number of nitrogens with two attached hydrogens (primary N) is 1. The van der Waals surface area contributed by atoms with Crippen molar-refractivity contribution < 1.29 is 9.90 Å². The molecule has 0 aliphatic carbocycles. The zero-order valence-corrected chi connectivity index (χ0v) is 10.5. The van der Waals surface area contributed by atoms with Crippen LogP contribution in [0.15, 0.2) is 36.4 Å². The summed E-state index contributed by atoms with van der Waals surface area (Å²) in [5, 5.41) is 18.3. The van der Waals surface area contributed by atoms with Crippen LogP contribution >= 0.6 is 11.6 Å². The highest BCUT2D eigenvalue weighted by Gasteiger charge is 2.09. The number of halogens is 1. The molecule has 0 saturated carbocycles. The zero-order valence-electron chi connectivity index (χ0n) is 9.72. The normalized spacial score (nSPS) is 9.89. The van der Waals surface area contributed by atoms with Crippen LogP contribution in [0.1, 0.15) is 15.9 Å². The molecule has 4 nitrogen and oxygen atoms in total. The van der Waals surface area contributed by atoms with E-state index in [0.717, 1.165) is 0 Å². The number of benzene rings is 2. The summed E-state index contributed by atoms with van der Waals surface area (Å²) in [6, 6.07) is 11.4. The first-order chi connectivity index (χ1) is 9.01. The van der Waals surface area contributed by atoms with Crippen molar-refractivity contribution in [3.05, 3.63) is 52.5 Å². The molecule has 0 bridgehead atoms. The summed E-state index contributed by atoms with van der Waals surface area (Å²) >= 11 is 5.86. The van der Waals surface area contributed by atoms with Crippen LogP contribution in [0.5, 0.6) is 0 Å². The van der Waals surface area contributed by atoms with Gasteiger partial charge in [-0.05, 0) is 41.5 Å². The highest BCUT2D eigenvalue weighted by atomic mass is 35.5. The average Bonchev–Trinajstić information content (AvgIpc) is 2.38. The Hall–Kier alpha value is -2.51. The van der Waals surface area contributed by atoms with Crippen molar-refractivity contribution in [1.29, 1.82) is 5.26 Å². The van der Waals surface area contributed by atoms with Crippen molar-refractivity contribution in [3.63, 3.8) is 0 Å². The topological polar surface area (TPSA) is 87.1 Å². The Kier molecular flexibility index (Phi) is 3.41. The summed E-state index contributed by atoms with van der Waals surface area (Å²) in [7, 11) is 0. The first-order valence-corrected chi connectivity index (χ1v) is 5.73. The third-order valence-corrected chi connectivity index (χ3v) is 2.95. The number of carbonyl (C=O) groups is 1. The van der Waals surface area contributed by atoms with Crippen molar-refractivity contribution in [2.75, 3.05) is 5.73 Å². The maximum absolute atomic E-state index is 11.0. The van der Waals surface area contributed by atoms with Gasteiger partial charge in [0.1, 0.15) is 6.07 Å². The molecule has 2 rings (SSSR count). The molecule has 0 aliphatic heterocycles. The summed E-state index contributed by atoms with van der Waals surface area (Å²) in [5.74, 6) is -1.05. The molecule has 19 heavy (non-hydrogen) atoms. The number of aromatic carboxylic acids is 1. The molecule has 0 spiro atoms. The minimum absolute atomic E-state index is 0.100. The Labute approximate surface area is 114 Å². The lowest BCUT2D eigenvalue weighted by Crippen LogP contribution is -1.98. The van der Waals surface area contributed by atoms with E-state index in [1.165, 1.54) is 12.1 Å². The number of nitrogen functional groups attached to an aromatic ring is 1. The van der Waals surface area contributed by atoms with Crippen LogP contribution in [0.2, 0.25) is 5.02 Å². The van der Waals surface area contributed by atoms with E-state index in [9.17, 15) is 4.79 Å². The van der Waals surface area contributed by atoms with Gasteiger partial charge in [0.25, 0.3) is 0 Å². The van der Waals surface area contributed by atoms with E-state index in [1.54, 1.807) is 24.3 Å². The second kappa shape index (κ2) is 5.01. The predicted molar refractivity (Wildman–Crippen MR) is 73.0 cm³/mol. The Morgan fingerprint density at radius 3 is 2.58 bits per heavy atom. The summed E-state index contributed by atoms with van der Waals surface area (Å²) in [6.45, 7) is 0. The quantitative estimate of drug-likeness (QED) is 0.822. The van der Waals surface area contributed by atoms with Crippen LogP contribution in [-0.2, 0) is 0 Å². The van der Waals surface area contributed by atoms with Gasteiger partial charge in [-0.1, -0.05) is 17.7 Å². The fraction of sp³-hybridized carbons (Fsp3) is 0. The van der Waals surface area contributed by atoms with Gasteiger partial charge in [0.15, 0.2) is 0 Å². The van der Waals surface area contributed by atoms with Gasteiger partial charge in [-0.3, -0.25) is 0 Å². The Balaban J connectivity index is 2.59. The zero-order chi connectivity index (χ0) is 14.0. The smallest absolute Gasteiger partial charge is 0.335 e. The van der Waals surface area contributed by atoms with Gasteiger partial charge in [0.2, 0.25) is 0 Å². The van der Waals surface area contributed by atoms with Gasteiger partial charge in [-0.15, -0.1) is 0 Å². The van der Waals surface area contributed by atoms with E-state index in [0.29, 0.717) is 27.4 Å². The molecule has 94 valence electrons. The van der Waals surface area contributed by atoms with Crippen molar-refractivity contribution >= 4 is 23.3 Å². The molecule has 0 radical (unpaired) electrons. The molecular weight excluding hydrogens is 264 g/mol. The molecule has 2 aromatic carbocycles. The lowest BCUT2D eigenvalue weighted by atomic mass is 10.0. The highest BCUT2D eigenvalue weighted by Crippen LogP contribution is 2.27. The molecule has 0 aromatic heterocycles. The Bertz CT molecular complexity index is 705. The monoisotopic (exact) mass is 272 g/mol. The van der Waals surface area contributed by atoms with E-state index in [1.807, 2.05) is 6.07 Å². The fourth-order valence-electron chi connectivity index (χ4n) is 1.73. The molecule has 0 atom stereocenters. The lowest BCUT2D eigenvalue weighted by molar-refractivity contribution is 0.0697. The summed E-state index contributed by atoms with van der Waals surface area (Å²) in [6.07, 6.45) is 0. The minimum Gasteiger partial charge on any atom is -0.478 e. The first kappa shape index (κ1) is 12.9. The maximum atomic E-state index is 11.0. The first-order valence-electron chi connectivity index (χ1n) is 5.35. The minimum atomic E-state index is -1.05. The predicted octanol–water partition coefficient (Wildman–Crippen LogP) is 3.16. The third-order valence-electron chi connectivity index (χ3n) is 2.62. The summed E-state index contributed by atoms with van der Waals surface area (Å²) in [5.41, 5.74) is 7.78. The van der Waals surface area contributed by atoms with Crippen molar-refractivity contribution in [2.45, 2.75) is 0 Å². The number of hydrogen-bond donors (Lipinski definition) is 2. The van der Waals surface area contributed by atoms with Crippen LogP contribution in [0.25, 0.3) is 11.1 Å². The van der Waals surface area contributed by atoms with Gasteiger partial charge in [-0.2, -0.15) is 5.26 Å². The van der Waals surface area contributed by atoms with Gasteiger partial charge in [0, 0.05) is 5.69 Å². The third kappa shape index (κ3) is 2.67. The van der Waals surface area contributed by atoms with E-state index >= 15 is 0 Å². The molecule has 5 heteroatoms. The van der Waals surface area contributed by atoms with E-state index < -0.39 is 5.97 Å². The number of carboxylic acid groups (broad SMARTS) is 1. The van der Waals surface area contributed by atoms with Crippen LogP contribution in [0.3, 0.4) is 0 Å². The second-order valence-electron chi connectivity index (χ2n) is 3.96. The number of rotatable bonds is 2. The number of carboxylic acids is 1. The summed E-state index contributed by atoms with van der Waals surface area (Å²) < 4.78 is 0. The van der Waals surface area contributed by atoms with Gasteiger partial charge in [0.05, 0.1) is 16.1 Å². The molecule has 0 amide bonds. The summed E-state index contributed by atoms with van der Waals surface area (Å²) in [4.78, 5) is 11.0. The highest BCUT2D eigenvalue weighted by molar-refractivity contribution is 6.31. The average molecular weight is 273 g/mol. The van der Waals surface area contributed by atoms with Crippen LogP contribution in [0.4, 0.5) is 5.69 Å². The Morgan fingerprint density at radius 1 is 1.21 bits per heavy atom. The van der Waals surface area contributed by atoms with Crippen molar-refractivity contribution in [1.82, 2.24) is 0 Å². The fourth-order valence-corrected chi connectivity index (χ4v) is 1.89. The molecule has 0 heterocycles. The lowest BCUT2D eigenvalue weighted by Gasteiger charge is -2.06. The van der Waals surface area contributed by atoms with Crippen molar-refractivity contribution in [3.8, 4) is 17.2 Å². The van der Waals surface area contributed by atoms with E-state index in [4.69, 9.17) is 27.7 Å². The van der Waals surface area contributed by atoms with Crippen molar-refractivity contribution in [2.24, 2.45) is 0 Å². The van der Waals surface area contributed by atoms with Crippen LogP contribution < -0.4 is 5.73 Å². The van der Waals surface area contributed by atoms with E-state index in [2.05, 4.69) is 0 Å². The number of anilines is 1. The standard InChI is InChI=1S/C14H9ClN2O2/c15-13-2-1-8(3-11(13)7-16)9-4-10(14(18)19)6-12(17)5-9/h1-6H,17H2,(H,18,19). The number of nitriles is 1. The van der Waals surface area contributed by atoms with Gasteiger partial charge < -0.3 is 10.8 Å². The van der Waals surface area contributed by atoms with Crippen LogP contribution in [-0.4, -0.2) is 11.1 Å². The molecule has 2 aromatic rings. The SMILES string of the molecule is N#Cc1cc(-c2cc(N)cc(C(=O)O)c2)ccc1Cl. The van der Waals surface area contributed by atoms with Gasteiger partial charge in [-0.25, -0.2) is 4.79 Å². The molecule has 3 N–H and O–H groups in total. The second-order valence-corrected chi connectivity index (χ2v) is 4.36. The van der Waals surface area contributed by atoms with Gasteiger partial charge >= 0.3 is 5.97 Å². The molecule has 0 aliphatic rings. The van der Waals surface area contributed by atoms with Crippen LogP contribution in [0, 0.1) is 11.3 Å². The number of nitrogens with zero attached hydrogens (tertiary/aromatic N) is 1. The Morgan fingerprint density at radius 2 is 1.95 bits per heavy atom.